The van der Waals surface area contributed by atoms with Crippen molar-refractivity contribution in [1.82, 2.24) is 4.90 Å². The van der Waals surface area contributed by atoms with Crippen LogP contribution in [-0.4, -0.2) is 31.6 Å². The zero-order chi connectivity index (χ0) is 13.7. The average molecular weight is 261 g/mol. The molecule has 0 spiro atoms. The lowest BCUT2D eigenvalue weighted by atomic mass is 9.72. The molecule has 0 saturated carbocycles. The second kappa shape index (κ2) is 6.42. The second-order valence-electron chi connectivity index (χ2n) is 5.75. The Morgan fingerprint density at radius 2 is 2.16 bits per heavy atom. The number of methoxy groups -OCH3 is 1. The molecule has 0 aliphatic carbocycles. The smallest absolute Gasteiger partial charge is 0.119 e. The van der Waals surface area contributed by atoms with Crippen molar-refractivity contribution in [2.24, 2.45) is 0 Å². The second-order valence-corrected chi connectivity index (χ2v) is 5.75. The Morgan fingerprint density at radius 1 is 1.32 bits per heavy atom. The highest BCUT2D eigenvalue weighted by molar-refractivity contribution is 5.34. The summed E-state index contributed by atoms with van der Waals surface area (Å²) < 4.78 is 5.40. The van der Waals surface area contributed by atoms with Crippen LogP contribution in [0.5, 0.6) is 5.75 Å². The third-order valence-electron chi connectivity index (χ3n) is 4.55. The Balaban J connectivity index is 2.25. The molecule has 1 unspecified atom stereocenters. The molecule has 0 aromatic heterocycles. The van der Waals surface area contributed by atoms with Gasteiger partial charge in [-0.25, -0.2) is 0 Å². The first-order valence-corrected chi connectivity index (χ1v) is 7.61. The topological polar surface area (TPSA) is 12.5 Å². The van der Waals surface area contributed by atoms with E-state index < -0.39 is 0 Å². The standard InChI is InChI=1S/C17H27NO/c1-4-11-18-12-7-10-17(5-2,14-18)15-8-6-9-16(13-15)19-3/h6,8-9,13H,4-5,7,10-12,14H2,1-3H3. The quantitative estimate of drug-likeness (QED) is 0.798. The summed E-state index contributed by atoms with van der Waals surface area (Å²) in [6.07, 6.45) is 5.07. The molecule has 2 heteroatoms. The Hall–Kier alpha value is -1.02. The van der Waals surface area contributed by atoms with E-state index in [1.807, 2.05) is 6.07 Å². The summed E-state index contributed by atoms with van der Waals surface area (Å²) in [7, 11) is 1.75. The third kappa shape index (κ3) is 3.11. The largest absolute Gasteiger partial charge is 0.497 e. The summed E-state index contributed by atoms with van der Waals surface area (Å²) in [4.78, 5) is 2.63. The molecule has 1 aliphatic heterocycles. The Labute approximate surface area is 117 Å². The molecule has 0 N–H and O–H groups in total. The van der Waals surface area contributed by atoms with E-state index in [2.05, 4.69) is 36.9 Å². The molecule has 1 heterocycles. The molecule has 106 valence electrons. The molecule has 0 radical (unpaired) electrons. The molecular formula is C17H27NO. The summed E-state index contributed by atoms with van der Waals surface area (Å²) >= 11 is 0. The van der Waals surface area contributed by atoms with Gasteiger partial charge in [-0.2, -0.15) is 0 Å². The predicted molar refractivity (Wildman–Crippen MR) is 80.9 cm³/mol. The molecule has 2 nitrogen and oxygen atoms in total. The van der Waals surface area contributed by atoms with Crippen molar-refractivity contribution in [3.05, 3.63) is 29.8 Å². The van der Waals surface area contributed by atoms with Gasteiger partial charge in [-0.3, -0.25) is 0 Å². The van der Waals surface area contributed by atoms with E-state index >= 15 is 0 Å². The first-order valence-electron chi connectivity index (χ1n) is 7.61. The van der Waals surface area contributed by atoms with Crippen molar-refractivity contribution in [2.75, 3.05) is 26.7 Å². The summed E-state index contributed by atoms with van der Waals surface area (Å²) in [5, 5.41) is 0. The third-order valence-corrected chi connectivity index (χ3v) is 4.55. The van der Waals surface area contributed by atoms with Gasteiger partial charge < -0.3 is 9.64 Å². The molecule has 1 fully saturated rings. The monoisotopic (exact) mass is 261 g/mol. The van der Waals surface area contributed by atoms with Crippen LogP contribution in [0.15, 0.2) is 24.3 Å². The molecule has 1 atom stereocenters. The van der Waals surface area contributed by atoms with Crippen molar-refractivity contribution in [3.63, 3.8) is 0 Å². The molecule has 1 aromatic rings. The highest BCUT2D eigenvalue weighted by Crippen LogP contribution is 2.38. The van der Waals surface area contributed by atoms with Crippen molar-refractivity contribution in [2.45, 2.75) is 44.9 Å². The fourth-order valence-corrected chi connectivity index (χ4v) is 3.42. The van der Waals surface area contributed by atoms with Crippen LogP contribution < -0.4 is 4.74 Å². The van der Waals surface area contributed by atoms with Gasteiger partial charge in [0.25, 0.3) is 0 Å². The number of nitrogens with zero attached hydrogens (tertiary/aromatic N) is 1. The van der Waals surface area contributed by atoms with Gasteiger partial charge in [0.15, 0.2) is 0 Å². The van der Waals surface area contributed by atoms with E-state index in [9.17, 15) is 0 Å². The van der Waals surface area contributed by atoms with Crippen LogP contribution >= 0.6 is 0 Å². The molecule has 1 aliphatic rings. The lowest BCUT2D eigenvalue weighted by Gasteiger charge is -2.43. The van der Waals surface area contributed by atoms with Gasteiger partial charge >= 0.3 is 0 Å². The summed E-state index contributed by atoms with van der Waals surface area (Å²) in [5.41, 5.74) is 1.78. The van der Waals surface area contributed by atoms with Crippen LogP contribution in [0.1, 0.15) is 45.1 Å². The molecule has 1 aromatic carbocycles. The maximum atomic E-state index is 5.40. The van der Waals surface area contributed by atoms with Crippen molar-refractivity contribution in [3.8, 4) is 5.75 Å². The zero-order valence-corrected chi connectivity index (χ0v) is 12.6. The van der Waals surface area contributed by atoms with Gasteiger partial charge in [0.1, 0.15) is 5.75 Å². The summed E-state index contributed by atoms with van der Waals surface area (Å²) in [5.74, 6) is 0.984. The Morgan fingerprint density at radius 3 is 2.84 bits per heavy atom. The van der Waals surface area contributed by atoms with E-state index in [0.717, 1.165) is 5.75 Å². The van der Waals surface area contributed by atoms with E-state index in [0.29, 0.717) is 5.41 Å². The van der Waals surface area contributed by atoms with Crippen LogP contribution in [0.25, 0.3) is 0 Å². The SMILES string of the molecule is CCCN1CCCC(CC)(c2cccc(OC)c2)C1. The van der Waals surface area contributed by atoms with Gasteiger partial charge in [-0.05, 0) is 56.5 Å². The molecule has 0 amide bonds. The van der Waals surface area contributed by atoms with E-state index in [4.69, 9.17) is 4.74 Å². The lowest BCUT2D eigenvalue weighted by Crippen LogP contribution is -2.46. The highest BCUT2D eigenvalue weighted by Gasteiger charge is 2.35. The van der Waals surface area contributed by atoms with Crippen molar-refractivity contribution >= 4 is 0 Å². The minimum absolute atomic E-state index is 0.321. The normalized spacial score (nSPS) is 24.4. The van der Waals surface area contributed by atoms with Gasteiger partial charge in [-0.1, -0.05) is 26.0 Å². The van der Waals surface area contributed by atoms with E-state index in [1.54, 1.807) is 7.11 Å². The van der Waals surface area contributed by atoms with Gasteiger partial charge in [0.05, 0.1) is 7.11 Å². The number of hydrogen-bond donors (Lipinski definition) is 0. The fourth-order valence-electron chi connectivity index (χ4n) is 3.42. The number of piperidine rings is 1. The first kappa shape index (κ1) is 14.4. The summed E-state index contributed by atoms with van der Waals surface area (Å²) in [6, 6.07) is 8.68. The molecule has 2 rings (SSSR count). The number of rotatable bonds is 5. The van der Waals surface area contributed by atoms with Crippen LogP contribution in [0.2, 0.25) is 0 Å². The predicted octanol–water partition coefficient (Wildman–Crippen LogP) is 3.85. The number of ether oxygens (including phenoxy) is 1. The summed E-state index contributed by atoms with van der Waals surface area (Å²) in [6.45, 7) is 8.29. The lowest BCUT2D eigenvalue weighted by molar-refractivity contribution is 0.142. The van der Waals surface area contributed by atoms with Gasteiger partial charge in [0, 0.05) is 12.0 Å². The van der Waals surface area contributed by atoms with E-state index in [1.165, 1.54) is 50.9 Å². The van der Waals surface area contributed by atoms with Gasteiger partial charge in [-0.15, -0.1) is 0 Å². The fraction of sp³-hybridized carbons (Fsp3) is 0.647. The van der Waals surface area contributed by atoms with Gasteiger partial charge in [0.2, 0.25) is 0 Å². The Kier molecular flexibility index (Phi) is 4.87. The molecule has 0 bridgehead atoms. The Bertz CT molecular complexity index is 402. The molecule has 19 heavy (non-hydrogen) atoms. The van der Waals surface area contributed by atoms with Crippen LogP contribution in [0.4, 0.5) is 0 Å². The zero-order valence-electron chi connectivity index (χ0n) is 12.6. The van der Waals surface area contributed by atoms with Crippen LogP contribution in [0.3, 0.4) is 0 Å². The van der Waals surface area contributed by atoms with Crippen LogP contribution in [0, 0.1) is 0 Å². The first-order chi connectivity index (χ1) is 9.24. The highest BCUT2D eigenvalue weighted by atomic mass is 16.5. The van der Waals surface area contributed by atoms with Crippen molar-refractivity contribution in [1.29, 1.82) is 0 Å². The number of hydrogen-bond acceptors (Lipinski definition) is 2. The number of benzene rings is 1. The minimum atomic E-state index is 0.321. The average Bonchev–Trinajstić information content (AvgIpc) is 2.48. The van der Waals surface area contributed by atoms with E-state index in [-0.39, 0.29) is 0 Å². The number of likely N-dealkylation sites (tertiary alicyclic amines) is 1. The maximum absolute atomic E-state index is 5.40. The molecule has 1 saturated heterocycles. The minimum Gasteiger partial charge on any atom is -0.497 e. The maximum Gasteiger partial charge on any atom is 0.119 e. The molecular weight excluding hydrogens is 234 g/mol. The van der Waals surface area contributed by atoms with Crippen LogP contribution in [-0.2, 0) is 5.41 Å². The van der Waals surface area contributed by atoms with Crippen molar-refractivity contribution < 1.29 is 4.74 Å².